The molecule has 0 radical (unpaired) electrons. The van der Waals surface area contributed by atoms with Crippen LogP contribution in [-0.4, -0.2) is 67.1 Å². The average molecular weight is 491 g/mol. The van der Waals surface area contributed by atoms with Crippen LogP contribution in [0.2, 0.25) is 0 Å². The Morgan fingerprint density at radius 3 is 1.71 bits per heavy atom. The zero-order valence-electron chi connectivity index (χ0n) is 17.4. The number of alkyl halides is 6. The molecule has 0 aliphatic carbocycles. The molecule has 2 aromatic carbocycles. The molecule has 3 rings (SSSR count). The second-order valence-corrected chi connectivity index (χ2v) is 7.26. The number of hydrogen-bond acceptors (Lipinski definition) is 5. The first-order valence-electron chi connectivity index (χ1n) is 9.91. The van der Waals surface area contributed by atoms with Crippen LogP contribution in [0.5, 0.6) is 11.5 Å². The molecule has 1 aliphatic heterocycles. The highest BCUT2D eigenvalue weighted by Crippen LogP contribution is 2.25. The molecule has 0 saturated carbocycles. The Bertz CT molecular complexity index is 986. The normalized spacial score (nSPS) is 15.1. The van der Waals surface area contributed by atoms with E-state index in [0.717, 1.165) is 24.3 Å². The zero-order valence-corrected chi connectivity index (χ0v) is 17.4. The van der Waals surface area contributed by atoms with Crippen LogP contribution in [0, 0.1) is 0 Å². The van der Waals surface area contributed by atoms with Crippen molar-refractivity contribution in [2.45, 2.75) is 12.7 Å². The molecule has 1 fully saturated rings. The minimum absolute atomic E-state index is 0.00626. The Labute approximate surface area is 189 Å². The van der Waals surface area contributed by atoms with Gasteiger partial charge in [0.1, 0.15) is 11.5 Å². The predicted octanol–water partition coefficient (Wildman–Crippen LogP) is 3.88. The van der Waals surface area contributed by atoms with Gasteiger partial charge in [-0.25, -0.2) is 0 Å². The number of nitrogens with one attached hydrogen (secondary N) is 1. The Morgan fingerprint density at radius 1 is 0.765 bits per heavy atom. The lowest BCUT2D eigenvalue weighted by atomic mass is 10.1. The van der Waals surface area contributed by atoms with Gasteiger partial charge in [-0.2, -0.15) is 0 Å². The Balaban J connectivity index is 1.44. The van der Waals surface area contributed by atoms with Gasteiger partial charge < -0.3 is 19.7 Å². The van der Waals surface area contributed by atoms with E-state index in [9.17, 15) is 35.9 Å². The number of rotatable bonds is 6. The van der Waals surface area contributed by atoms with Crippen molar-refractivity contribution in [2.24, 2.45) is 0 Å². The minimum atomic E-state index is -4.82. The summed E-state index contributed by atoms with van der Waals surface area (Å²) in [6.45, 7) is 1.37. The minimum Gasteiger partial charge on any atom is -0.406 e. The summed E-state index contributed by atoms with van der Waals surface area (Å²) < 4.78 is 80.8. The number of amides is 2. The van der Waals surface area contributed by atoms with Gasteiger partial charge in [0.25, 0.3) is 5.91 Å². The van der Waals surface area contributed by atoms with Gasteiger partial charge in [0, 0.05) is 37.4 Å². The van der Waals surface area contributed by atoms with E-state index in [2.05, 4.69) is 14.8 Å². The largest absolute Gasteiger partial charge is 0.573 e. The second kappa shape index (κ2) is 10.2. The van der Waals surface area contributed by atoms with Crippen LogP contribution in [0.15, 0.2) is 48.5 Å². The van der Waals surface area contributed by atoms with Crippen molar-refractivity contribution in [3.8, 4) is 11.5 Å². The number of nitrogens with zero attached hydrogens (tertiary/aromatic N) is 2. The molecule has 0 unspecified atom stereocenters. The summed E-state index contributed by atoms with van der Waals surface area (Å²) in [5.41, 5.74) is 0.505. The molecule has 1 N–H and O–H groups in total. The number of halogens is 6. The lowest BCUT2D eigenvalue weighted by molar-refractivity contribution is -0.275. The molecule has 184 valence electrons. The van der Waals surface area contributed by atoms with Crippen molar-refractivity contribution in [3.63, 3.8) is 0 Å². The summed E-state index contributed by atoms with van der Waals surface area (Å²) in [6, 6.07) is 9.32. The van der Waals surface area contributed by atoms with Crippen molar-refractivity contribution < 1.29 is 45.4 Å². The number of piperazine rings is 1. The smallest absolute Gasteiger partial charge is 0.406 e. The molecule has 0 bridgehead atoms. The molecule has 13 heteroatoms. The van der Waals surface area contributed by atoms with Gasteiger partial charge in [0.15, 0.2) is 0 Å². The van der Waals surface area contributed by atoms with E-state index < -0.39 is 24.2 Å². The summed E-state index contributed by atoms with van der Waals surface area (Å²) in [4.78, 5) is 28.1. The number of carbonyl (C=O) groups is 2. The van der Waals surface area contributed by atoms with E-state index in [0.29, 0.717) is 31.9 Å². The van der Waals surface area contributed by atoms with Crippen LogP contribution < -0.4 is 14.8 Å². The highest BCUT2D eigenvalue weighted by molar-refractivity contribution is 5.94. The first-order valence-corrected chi connectivity index (χ1v) is 9.91. The monoisotopic (exact) mass is 491 g/mol. The molecule has 34 heavy (non-hydrogen) atoms. The van der Waals surface area contributed by atoms with Gasteiger partial charge in [0.05, 0.1) is 6.54 Å². The maximum Gasteiger partial charge on any atom is 0.573 e. The third-order valence-electron chi connectivity index (χ3n) is 4.73. The number of hydrogen-bond donors (Lipinski definition) is 1. The molecule has 0 atom stereocenters. The van der Waals surface area contributed by atoms with Crippen molar-refractivity contribution in [2.75, 3.05) is 38.0 Å². The molecule has 0 aromatic heterocycles. The summed E-state index contributed by atoms with van der Waals surface area (Å²) in [5.74, 6) is -1.58. The van der Waals surface area contributed by atoms with Crippen LogP contribution in [-0.2, 0) is 4.79 Å². The van der Waals surface area contributed by atoms with Gasteiger partial charge in [-0.15, -0.1) is 26.3 Å². The highest BCUT2D eigenvalue weighted by atomic mass is 19.4. The third-order valence-corrected chi connectivity index (χ3v) is 4.73. The van der Waals surface area contributed by atoms with E-state index in [1.165, 1.54) is 29.2 Å². The van der Waals surface area contributed by atoms with E-state index in [-0.39, 0.29) is 23.9 Å². The van der Waals surface area contributed by atoms with Crippen molar-refractivity contribution in [3.05, 3.63) is 54.1 Å². The maximum atomic E-state index is 12.6. The summed E-state index contributed by atoms with van der Waals surface area (Å²) >= 11 is 0. The molecule has 1 heterocycles. The fourth-order valence-corrected chi connectivity index (χ4v) is 3.23. The summed E-state index contributed by atoms with van der Waals surface area (Å²) in [5, 5.41) is 2.57. The van der Waals surface area contributed by atoms with Crippen molar-refractivity contribution in [1.82, 2.24) is 9.80 Å². The standard InChI is InChI=1S/C21H19F6N3O4/c22-20(23,24)33-16-5-1-14(2-6-16)19(32)30-11-9-29(10-12-30)13-18(31)28-15-3-7-17(8-4-15)34-21(25,26)27/h1-8H,9-13H2,(H,28,31). The molecular weight excluding hydrogens is 472 g/mol. The number of carbonyl (C=O) groups excluding carboxylic acids is 2. The Hall–Kier alpha value is -3.48. The SMILES string of the molecule is O=C(CN1CCN(C(=O)c2ccc(OC(F)(F)F)cc2)CC1)Nc1ccc(OC(F)(F)F)cc1. The van der Waals surface area contributed by atoms with Crippen molar-refractivity contribution >= 4 is 17.5 Å². The summed E-state index contributed by atoms with van der Waals surface area (Å²) in [6.07, 6.45) is -9.63. The molecule has 7 nitrogen and oxygen atoms in total. The van der Waals surface area contributed by atoms with Gasteiger partial charge in [-0.05, 0) is 48.5 Å². The quantitative estimate of drug-likeness (QED) is 0.622. The third kappa shape index (κ3) is 7.83. The topological polar surface area (TPSA) is 71.1 Å². The van der Waals surface area contributed by atoms with E-state index >= 15 is 0 Å². The van der Waals surface area contributed by atoms with Crippen LogP contribution in [0.4, 0.5) is 32.0 Å². The van der Waals surface area contributed by atoms with Gasteiger partial charge in [-0.1, -0.05) is 0 Å². The maximum absolute atomic E-state index is 12.6. The van der Waals surface area contributed by atoms with Crippen molar-refractivity contribution in [1.29, 1.82) is 0 Å². The number of anilines is 1. The first-order chi connectivity index (χ1) is 15.9. The predicted molar refractivity (Wildman–Crippen MR) is 107 cm³/mol. The molecule has 0 spiro atoms. The van der Waals surface area contributed by atoms with E-state index in [4.69, 9.17) is 0 Å². The second-order valence-electron chi connectivity index (χ2n) is 7.26. The molecule has 1 aliphatic rings. The molecule has 2 amide bonds. The lowest BCUT2D eigenvalue weighted by Gasteiger charge is -2.34. The molecular formula is C21H19F6N3O4. The lowest BCUT2D eigenvalue weighted by Crippen LogP contribution is -2.50. The van der Waals surface area contributed by atoms with Crippen LogP contribution >= 0.6 is 0 Å². The number of benzene rings is 2. The first kappa shape index (κ1) is 25.1. The average Bonchev–Trinajstić information content (AvgIpc) is 2.73. The van der Waals surface area contributed by atoms with Gasteiger partial charge >= 0.3 is 12.7 Å². The number of ether oxygens (including phenoxy) is 2. The highest BCUT2D eigenvalue weighted by Gasteiger charge is 2.32. The molecule has 2 aromatic rings. The van der Waals surface area contributed by atoms with Gasteiger partial charge in [-0.3, -0.25) is 14.5 Å². The van der Waals surface area contributed by atoms with Crippen LogP contribution in [0.3, 0.4) is 0 Å². The fraction of sp³-hybridized carbons (Fsp3) is 0.333. The Morgan fingerprint density at radius 2 is 1.24 bits per heavy atom. The molecule has 1 saturated heterocycles. The summed E-state index contributed by atoms with van der Waals surface area (Å²) in [7, 11) is 0. The van der Waals surface area contributed by atoms with E-state index in [1.54, 1.807) is 4.90 Å². The zero-order chi connectivity index (χ0) is 24.9. The van der Waals surface area contributed by atoms with E-state index in [1.807, 2.05) is 0 Å². The van der Waals surface area contributed by atoms with Crippen LogP contribution in [0.1, 0.15) is 10.4 Å². The Kier molecular flexibility index (Phi) is 7.54. The van der Waals surface area contributed by atoms with Gasteiger partial charge in [0.2, 0.25) is 5.91 Å². The van der Waals surface area contributed by atoms with Crippen LogP contribution in [0.25, 0.3) is 0 Å². The fourth-order valence-electron chi connectivity index (χ4n) is 3.23.